The van der Waals surface area contributed by atoms with E-state index in [1.165, 1.54) is 6.07 Å². The minimum atomic E-state index is -0.539. The van der Waals surface area contributed by atoms with Gasteiger partial charge in [-0.3, -0.25) is 0 Å². The van der Waals surface area contributed by atoms with E-state index in [1.54, 1.807) is 30.5 Å². The van der Waals surface area contributed by atoms with Crippen LogP contribution in [0.3, 0.4) is 0 Å². The minimum absolute atomic E-state index is 0.321. The Balaban J connectivity index is 1.93. The topological polar surface area (TPSA) is 73.6 Å². The standard InChI is InChI=1S/C21H12O5/c1-11-10-24-18-9-19-15(7-13(11)18)14(8-20(22)25-19)16-6-12-4-2-3-5-17(12)26-21(16)23/h2-10H,1H3. The first kappa shape index (κ1) is 14.7. The average Bonchev–Trinajstić information content (AvgIpc) is 2.99. The molecule has 0 atom stereocenters. The molecule has 126 valence electrons. The third kappa shape index (κ3) is 2.10. The molecule has 5 rings (SSSR count). The van der Waals surface area contributed by atoms with Crippen molar-refractivity contribution in [3.8, 4) is 11.1 Å². The van der Waals surface area contributed by atoms with E-state index in [0.717, 1.165) is 16.3 Å². The molecule has 0 amide bonds. The smallest absolute Gasteiger partial charge is 0.344 e. The number of hydrogen-bond donors (Lipinski definition) is 0. The van der Waals surface area contributed by atoms with Crippen molar-refractivity contribution < 1.29 is 13.3 Å². The third-order valence-electron chi connectivity index (χ3n) is 4.56. The molecule has 0 unspecified atom stereocenters. The summed E-state index contributed by atoms with van der Waals surface area (Å²) in [5.41, 5.74) is 2.22. The van der Waals surface area contributed by atoms with E-state index in [-0.39, 0.29) is 0 Å². The van der Waals surface area contributed by atoms with Crippen LogP contribution in [0.1, 0.15) is 5.56 Å². The second kappa shape index (κ2) is 5.20. The zero-order valence-electron chi connectivity index (χ0n) is 13.7. The summed E-state index contributed by atoms with van der Waals surface area (Å²) in [4.78, 5) is 24.6. The van der Waals surface area contributed by atoms with Gasteiger partial charge in [-0.05, 0) is 30.7 Å². The Bertz CT molecular complexity index is 1430. The molecular weight excluding hydrogens is 332 g/mol. The van der Waals surface area contributed by atoms with Crippen LogP contribution in [0.4, 0.5) is 0 Å². The molecule has 5 aromatic rings. The van der Waals surface area contributed by atoms with Gasteiger partial charge in [0.2, 0.25) is 0 Å². The van der Waals surface area contributed by atoms with Crippen LogP contribution in [0.5, 0.6) is 0 Å². The second-order valence-corrected chi connectivity index (χ2v) is 6.23. The number of aryl methyl sites for hydroxylation is 1. The normalized spacial score (nSPS) is 11.6. The Morgan fingerprint density at radius 2 is 1.62 bits per heavy atom. The van der Waals surface area contributed by atoms with Crippen LogP contribution in [-0.4, -0.2) is 0 Å². The van der Waals surface area contributed by atoms with Crippen molar-refractivity contribution in [2.24, 2.45) is 0 Å². The van der Waals surface area contributed by atoms with E-state index in [4.69, 9.17) is 13.3 Å². The molecular formula is C21H12O5. The van der Waals surface area contributed by atoms with Gasteiger partial charge in [-0.15, -0.1) is 0 Å². The van der Waals surface area contributed by atoms with E-state index in [1.807, 2.05) is 25.1 Å². The first-order valence-corrected chi connectivity index (χ1v) is 8.09. The van der Waals surface area contributed by atoms with Crippen LogP contribution in [0, 0.1) is 6.92 Å². The van der Waals surface area contributed by atoms with Crippen molar-refractivity contribution in [3.05, 3.63) is 81.2 Å². The molecule has 0 aliphatic heterocycles. The number of furan rings is 1. The molecule has 0 bridgehead atoms. The third-order valence-corrected chi connectivity index (χ3v) is 4.56. The molecule has 0 fully saturated rings. The van der Waals surface area contributed by atoms with Gasteiger partial charge < -0.3 is 13.3 Å². The fraction of sp³-hybridized carbons (Fsp3) is 0.0476. The summed E-state index contributed by atoms with van der Waals surface area (Å²) in [5, 5.41) is 2.34. The number of para-hydroxylation sites is 1. The van der Waals surface area contributed by atoms with Gasteiger partial charge in [0, 0.05) is 33.9 Å². The lowest BCUT2D eigenvalue weighted by Crippen LogP contribution is -2.06. The molecule has 3 heterocycles. The van der Waals surface area contributed by atoms with Crippen molar-refractivity contribution in [1.82, 2.24) is 0 Å². The molecule has 5 nitrogen and oxygen atoms in total. The first-order valence-electron chi connectivity index (χ1n) is 8.09. The van der Waals surface area contributed by atoms with Gasteiger partial charge >= 0.3 is 11.3 Å². The van der Waals surface area contributed by atoms with Gasteiger partial charge in [0.25, 0.3) is 0 Å². The van der Waals surface area contributed by atoms with Gasteiger partial charge in [0.05, 0.1) is 11.8 Å². The van der Waals surface area contributed by atoms with E-state index in [0.29, 0.717) is 33.3 Å². The van der Waals surface area contributed by atoms with Crippen LogP contribution in [-0.2, 0) is 0 Å². The Morgan fingerprint density at radius 3 is 2.50 bits per heavy atom. The molecule has 0 spiro atoms. The summed E-state index contributed by atoms with van der Waals surface area (Å²) in [5.74, 6) is 0. The summed E-state index contributed by atoms with van der Waals surface area (Å²) in [6.45, 7) is 1.93. The highest BCUT2D eigenvalue weighted by atomic mass is 16.4. The summed E-state index contributed by atoms with van der Waals surface area (Å²) < 4.78 is 16.2. The zero-order valence-corrected chi connectivity index (χ0v) is 13.7. The molecule has 3 aromatic heterocycles. The summed E-state index contributed by atoms with van der Waals surface area (Å²) in [7, 11) is 0. The van der Waals surface area contributed by atoms with E-state index < -0.39 is 11.3 Å². The molecule has 0 saturated carbocycles. The quantitative estimate of drug-likeness (QED) is 0.415. The first-order chi connectivity index (χ1) is 12.6. The Hall–Kier alpha value is -3.60. The zero-order chi connectivity index (χ0) is 17.8. The van der Waals surface area contributed by atoms with Crippen molar-refractivity contribution in [2.75, 3.05) is 0 Å². The molecule has 0 aliphatic rings. The molecule has 0 N–H and O–H groups in total. The van der Waals surface area contributed by atoms with Crippen LogP contribution >= 0.6 is 0 Å². The molecule has 5 heteroatoms. The predicted octanol–water partition coefficient (Wildman–Crippen LogP) is 4.62. The van der Waals surface area contributed by atoms with Crippen molar-refractivity contribution >= 4 is 32.9 Å². The maximum absolute atomic E-state index is 12.6. The molecule has 0 saturated heterocycles. The van der Waals surface area contributed by atoms with Gasteiger partial charge in [-0.1, -0.05) is 18.2 Å². The lowest BCUT2D eigenvalue weighted by Gasteiger charge is -2.06. The minimum Gasteiger partial charge on any atom is -0.464 e. The predicted molar refractivity (Wildman–Crippen MR) is 98.5 cm³/mol. The number of hydrogen-bond acceptors (Lipinski definition) is 5. The van der Waals surface area contributed by atoms with Crippen molar-refractivity contribution in [3.63, 3.8) is 0 Å². The Labute approximate surface area is 146 Å². The van der Waals surface area contributed by atoms with Crippen LogP contribution in [0.15, 0.2) is 77.6 Å². The highest BCUT2D eigenvalue weighted by molar-refractivity contribution is 6.02. The highest BCUT2D eigenvalue weighted by Gasteiger charge is 2.15. The summed E-state index contributed by atoms with van der Waals surface area (Å²) in [6, 6.07) is 13.9. The van der Waals surface area contributed by atoms with Crippen LogP contribution in [0.25, 0.3) is 44.0 Å². The van der Waals surface area contributed by atoms with E-state index >= 15 is 0 Å². The molecule has 26 heavy (non-hydrogen) atoms. The highest BCUT2D eigenvalue weighted by Crippen LogP contribution is 2.32. The van der Waals surface area contributed by atoms with Gasteiger partial charge in [-0.25, -0.2) is 9.59 Å². The number of benzene rings is 2. The summed E-state index contributed by atoms with van der Waals surface area (Å²) >= 11 is 0. The fourth-order valence-corrected chi connectivity index (χ4v) is 3.28. The van der Waals surface area contributed by atoms with Crippen LogP contribution < -0.4 is 11.3 Å². The van der Waals surface area contributed by atoms with Crippen LogP contribution in [0.2, 0.25) is 0 Å². The maximum atomic E-state index is 12.6. The Kier molecular flexibility index (Phi) is 2.94. The fourth-order valence-electron chi connectivity index (χ4n) is 3.28. The van der Waals surface area contributed by atoms with Gasteiger partial charge in [0.15, 0.2) is 0 Å². The van der Waals surface area contributed by atoms with Gasteiger partial charge in [0.1, 0.15) is 16.7 Å². The van der Waals surface area contributed by atoms with Crippen molar-refractivity contribution in [2.45, 2.75) is 6.92 Å². The van der Waals surface area contributed by atoms with E-state index in [9.17, 15) is 9.59 Å². The number of rotatable bonds is 1. The molecule has 0 aliphatic carbocycles. The molecule has 2 aromatic carbocycles. The monoisotopic (exact) mass is 344 g/mol. The molecule has 0 radical (unpaired) electrons. The average molecular weight is 344 g/mol. The maximum Gasteiger partial charge on any atom is 0.344 e. The van der Waals surface area contributed by atoms with Gasteiger partial charge in [-0.2, -0.15) is 0 Å². The lowest BCUT2D eigenvalue weighted by molar-refractivity contribution is 0.557. The Morgan fingerprint density at radius 1 is 0.769 bits per heavy atom. The SMILES string of the molecule is Cc1coc2cc3oc(=O)cc(-c4cc5ccccc5oc4=O)c3cc12. The van der Waals surface area contributed by atoms with E-state index in [2.05, 4.69) is 0 Å². The van der Waals surface area contributed by atoms with Crippen molar-refractivity contribution in [1.29, 1.82) is 0 Å². The largest absolute Gasteiger partial charge is 0.464 e. The summed E-state index contributed by atoms with van der Waals surface area (Å²) in [6.07, 6.45) is 1.64. The second-order valence-electron chi connectivity index (χ2n) is 6.23. The number of fused-ring (bicyclic) bond motifs is 3. The lowest BCUT2D eigenvalue weighted by atomic mass is 10.0.